The van der Waals surface area contributed by atoms with Gasteiger partial charge < -0.3 is 0 Å². The van der Waals surface area contributed by atoms with E-state index >= 15 is 0 Å². The highest BCUT2D eigenvalue weighted by molar-refractivity contribution is 6.17. The van der Waals surface area contributed by atoms with Crippen LogP contribution in [0.4, 0.5) is 0 Å². The second kappa shape index (κ2) is 6.94. The first-order chi connectivity index (χ1) is 7.74. The molecule has 2 heteroatoms. The van der Waals surface area contributed by atoms with Crippen molar-refractivity contribution < 1.29 is 9.59 Å². The van der Waals surface area contributed by atoms with Crippen molar-refractivity contribution in [2.24, 2.45) is 0 Å². The van der Waals surface area contributed by atoms with E-state index in [1.54, 1.807) is 0 Å². The largest absolute Gasteiger partial charge is 0.290 e. The molecule has 0 aromatic heterocycles. The molecule has 0 radical (unpaired) electrons. The number of ketones is 2. The number of unbranched alkanes of at least 4 members (excludes halogenated alkanes) is 3. The van der Waals surface area contributed by atoms with Crippen LogP contribution in [-0.4, -0.2) is 11.6 Å². The molecule has 1 aliphatic rings. The van der Waals surface area contributed by atoms with E-state index in [4.69, 9.17) is 0 Å². The van der Waals surface area contributed by atoms with Crippen LogP contribution in [0.1, 0.15) is 39.0 Å². The topological polar surface area (TPSA) is 34.1 Å². The summed E-state index contributed by atoms with van der Waals surface area (Å²) < 4.78 is 0. The summed E-state index contributed by atoms with van der Waals surface area (Å²) in [6, 6.07) is 0. The quantitative estimate of drug-likeness (QED) is 0.390. The molecule has 0 heterocycles. The third-order valence-electron chi connectivity index (χ3n) is 2.51. The van der Waals surface area contributed by atoms with Gasteiger partial charge in [-0.1, -0.05) is 31.9 Å². The maximum Gasteiger partial charge on any atom is 0.182 e. The molecule has 0 amide bonds. The zero-order valence-electron chi connectivity index (χ0n) is 9.74. The van der Waals surface area contributed by atoms with Crippen LogP contribution in [0.2, 0.25) is 0 Å². The Labute approximate surface area is 96.7 Å². The predicted molar refractivity (Wildman–Crippen MR) is 65.1 cm³/mol. The fourth-order valence-electron chi connectivity index (χ4n) is 1.56. The van der Waals surface area contributed by atoms with E-state index in [9.17, 15) is 9.59 Å². The first kappa shape index (κ1) is 12.6. The lowest BCUT2D eigenvalue weighted by molar-refractivity contribution is -0.114. The third-order valence-corrected chi connectivity index (χ3v) is 2.51. The van der Waals surface area contributed by atoms with Gasteiger partial charge in [-0.15, -0.1) is 0 Å². The van der Waals surface area contributed by atoms with Crippen LogP contribution in [0.15, 0.2) is 36.0 Å². The number of hydrogen-bond donors (Lipinski definition) is 0. The molecule has 0 saturated carbocycles. The lowest BCUT2D eigenvalue weighted by Crippen LogP contribution is -2.06. The molecule has 0 unspecified atom stereocenters. The summed E-state index contributed by atoms with van der Waals surface area (Å²) in [5.41, 5.74) is 0.597. The number of carbonyl (C=O) groups is 2. The van der Waals surface area contributed by atoms with Crippen molar-refractivity contribution in [1.82, 2.24) is 0 Å². The molecule has 1 rings (SSSR count). The predicted octanol–water partition coefficient (Wildman–Crippen LogP) is 3.15. The van der Waals surface area contributed by atoms with E-state index in [1.165, 1.54) is 37.5 Å². The molecule has 0 fully saturated rings. The van der Waals surface area contributed by atoms with Crippen molar-refractivity contribution in [1.29, 1.82) is 0 Å². The van der Waals surface area contributed by atoms with Crippen LogP contribution in [-0.2, 0) is 9.59 Å². The Morgan fingerprint density at radius 1 is 1.12 bits per heavy atom. The minimum atomic E-state index is -0.0889. The summed E-state index contributed by atoms with van der Waals surface area (Å²) in [6.07, 6.45) is 13.4. The molecule has 0 aromatic rings. The second-order valence-corrected chi connectivity index (χ2v) is 3.94. The lowest BCUT2D eigenvalue weighted by atomic mass is 10.0. The Bertz CT molecular complexity index is 346. The number of hydrogen-bond acceptors (Lipinski definition) is 2. The first-order valence-corrected chi connectivity index (χ1v) is 5.86. The second-order valence-electron chi connectivity index (χ2n) is 3.94. The highest BCUT2D eigenvalue weighted by Crippen LogP contribution is 2.11. The van der Waals surface area contributed by atoms with Crippen molar-refractivity contribution in [3.05, 3.63) is 36.0 Å². The Morgan fingerprint density at radius 2 is 1.94 bits per heavy atom. The summed E-state index contributed by atoms with van der Waals surface area (Å²) in [5, 5.41) is 0. The number of allylic oxidation sites excluding steroid dienone is 6. The van der Waals surface area contributed by atoms with Gasteiger partial charge >= 0.3 is 0 Å². The minimum absolute atomic E-state index is 0.0437. The number of rotatable bonds is 6. The highest BCUT2D eigenvalue weighted by Gasteiger charge is 2.10. The third kappa shape index (κ3) is 4.39. The van der Waals surface area contributed by atoms with Crippen molar-refractivity contribution in [2.75, 3.05) is 0 Å². The van der Waals surface area contributed by atoms with E-state index in [0.29, 0.717) is 12.0 Å². The van der Waals surface area contributed by atoms with Gasteiger partial charge in [0.2, 0.25) is 0 Å². The van der Waals surface area contributed by atoms with Gasteiger partial charge in [0.15, 0.2) is 11.6 Å². The van der Waals surface area contributed by atoms with Crippen LogP contribution in [0.25, 0.3) is 0 Å². The lowest BCUT2D eigenvalue weighted by Gasteiger charge is -2.02. The van der Waals surface area contributed by atoms with Gasteiger partial charge in [-0.25, -0.2) is 0 Å². The standard InChI is InChI=1S/C14H18O2/c1-2-3-4-5-6-7-8-12-11-13(15)9-10-14(12)16/h6-7,9-11H,2-5,8H2,1H3/b7-6+. The molecule has 16 heavy (non-hydrogen) atoms. The zero-order valence-corrected chi connectivity index (χ0v) is 9.74. The molecule has 2 nitrogen and oxygen atoms in total. The van der Waals surface area contributed by atoms with Crippen molar-refractivity contribution in [3.8, 4) is 0 Å². The Hall–Kier alpha value is -1.44. The summed E-state index contributed by atoms with van der Waals surface area (Å²) >= 11 is 0. The molecule has 86 valence electrons. The van der Waals surface area contributed by atoms with Gasteiger partial charge in [0, 0.05) is 5.57 Å². The van der Waals surface area contributed by atoms with Crippen molar-refractivity contribution >= 4 is 11.6 Å². The maximum atomic E-state index is 11.4. The Morgan fingerprint density at radius 3 is 2.69 bits per heavy atom. The van der Waals surface area contributed by atoms with E-state index < -0.39 is 0 Å². The van der Waals surface area contributed by atoms with E-state index in [2.05, 4.69) is 13.0 Å². The average molecular weight is 218 g/mol. The molecule has 0 N–H and O–H groups in total. The first-order valence-electron chi connectivity index (χ1n) is 5.86. The van der Waals surface area contributed by atoms with Crippen molar-refractivity contribution in [2.45, 2.75) is 39.0 Å². The summed E-state index contributed by atoms with van der Waals surface area (Å²) in [5.74, 6) is -0.133. The molecule has 0 spiro atoms. The SMILES string of the molecule is CCCCC/C=C/CC1=CC(=O)C=CC1=O. The van der Waals surface area contributed by atoms with Crippen LogP contribution in [0.3, 0.4) is 0 Å². The van der Waals surface area contributed by atoms with Gasteiger partial charge in [-0.2, -0.15) is 0 Å². The van der Waals surface area contributed by atoms with Crippen LogP contribution < -0.4 is 0 Å². The summed E-state index contributed by atoms with van der Waals surface area (Å²) in [7, 11) is 0. The van der Waals surface area contributed by atoms with Crippen LogP contribution in [0.5, 0.6) is 0 Å². The smallest absolute Gasteiger partial charge is 0.182 e. The zero-order chi connectivity index (χ0) is 11.8. The van der Waals surface area contributed by atoms with Crippen LogP contribution >= 0.6 is 0 Å². The molecule has 0 aromatic carbocycles. The fourth-order valence-corrected chi connectivity index (χ4v) is 1.56. The molecule has 1 aliphatic carbocycles. The molecule has 0 saturated heterocycles. The molecule has 0 bridgehead atoms. The maximum absolute atomic E-state index is 11.4. The Kier molecular flexibility index (Phi) is 5.48. The normalized spacial score (nSPS) is 15.9. The summed E-state index contributed by atoms with van der Waals surface area (Å²) in [4.78, 5) is 22.4. The highest BCUT2D eigenvalue weighted by atomic mass is 16.1. The van der Waals surface area contributed by atoms with Gasteiger partial charge in [0.05, 0.1) is 0 Å². The minimum Gasteiger partial charge on any atom is -0.290 e. The van der Waals surface area contributed by atoms with E-state index in [-0.39, 0.29) is 11.6 Å². The van der Waals surface area contributed by atoms with Gasteiger partial charge in [0.1, 0.15) is 0 Å². The molecular weight excluding hydrogens is 200 g/mol. The molecular formula is C14H18O2. The molecule has 0 aliphatic heterocycles. The summed E-state index contributed by atoms with van der Waals surface area (Å²) in [6.45, 7) is 2.17. The van der Waals surface area contributed by atoms with Gasteiger partial charge in [0.25, 0.3) is 0 Å². The Balaban J connectivity index is 2.32. The average Bonchev–Trinajstić information content (AvgIpc) is 2.28. The van der Waals surface area contributed by atoms with Gasteiger partial charge in [-0.3, -0.25) is 9.59 Å². The monoisotopic (exact) mass is 218 g/mol. The van der Waals surface area contributed by atoms with Crippen LogP contribution in [0, 0.1) is 0 Å². The fraction of sp³-hybridized carbons (Fsp3) is 0.429. The van der Waals surface area contributed by atoms with Gasteiger partial charge in [-0.05, 0) is 37.5 Å². The van der Waals surface area contributed by atoms with E-state index in [1.807, 2.05) is 6.08 Å². The molecule has 0 atom stereocenters. The van der Waals surface area contributed by atoms with E-state index in [0.717, 1.165) is 6.42 Å². The number of carbonyl (C=O) groups excluding carboxylic acids is 2. The van der Waals surface area contributed by atoms with Crippen molar-refractivity contribution in [3.63, 3.8) is 0 Å².